The minimum atomic E-state index is 0.557. The summed E-state index contributed by atoms with van der Waals surface area (Å²) in [7, 11) is 2.07. The van der Waals surface area contributed by atoms with Crippen LogP contribution in [0, 0.1) is 5.92 Å². The molecule has 0 bridgehead atoms. The van der Waals surface area contributed by atoms with Gasteiger partial charge in [-0.05, 0) is 38.6 Å². The van der Waals surface area contributed by atoms with Gasteiger partial charge in [-0.25, -0.2) is 0 Å². The Kier molecular flexibility index (Phi) is 4.45. The molecule has 2 rings (SSSR count). The third kappa shape index (κ3) is 3.76. The molecule has 0 heterocycles. The fourth-order valence-corrected chi connectivity index (χ4v) is 2.60. The Morgan fingerprint density at radius 3 is 2.27 bits per heavy atom. The van der Waals surface area contributed by atoms with Gasteiger partial charge < -0.3 is 10.1 Å². The predicted molar refractivity (Wildman–Crippen MR) is 63.0 cm³/mol. The molecule has 2 saturated carbocycles. The van der Waals surface area contributed by atoms with E-state index in [4.69, 9.17) is 4.74 Å². The van der Waals surface area contributed by atoms with Crippen molar-refractivity contribution in [1.29, 1.82) is 0 Å². The van der Waals surface area contributed by atoms with Gasteiger partial charge in [0.2, 0.25) is 0 Å². The first-order valence-corrected chi connectivity index (χ1v) is 6.69. The largest absolute Gasteiger partial charge is 0.377 e. The number of hydrogen-bond acceptors (Lipinski definition) is 2. The predicted octanol–water partition coefficient (Wildman–Crippen LogP) is 2.72. The number of ether oxygens (including phenoxy) is 1. The Morgan fingerprint density at radius 2 is 1.73 bits per heavy atom. The van der Waals surface area contributed by atoms with Crippen molar-refractivity contribution in [3.63, 3.8) is 0 Å². The Hall–Kier alpha value is -0.0800. The van der Waals surface area contributed by atoms with Crippen molar-refractivity contribution >= 4 is 0 Å². The molecule has 0 aromatic carbocycles. The molecule has 88 valence electrons. The molecule has 0 aliphatic heterocycles. The molecule has 0 spiro atoms. The highest BCUT2D eigenvalue weighted by molar-refractivity contribution is 4.85. The summed E-state index contributed by atoms with van der Waals surface area (Å²) in [5, 5.41) is 3.39. The number of nitrogens with one attached hydrogen (secondary N) is 1. The third-order valence-electron chi connectivity index (χ3n) is 3.88. The average molecular weight is 211 g/mol. The van der Waals surface area contributed by atoms with Crippen LogP contribution in [0.3, 0.4) is 0 Å². The second-order valence-corrected chi connectivity index (χ2v) is 5.18. The Labute approximate surface area is 93.8 Å². The van der Waals surface area contributed by atoms with Crippen molar-refractivity contribution < 1.29 is 4.74 Å². The van der Waals surface area contributed by atoms with E-state index in [-0.39, 0.29) is 0 Å². The van der Waals surface area contributed by atoms with Crippen LogP contribution < -0.4 is 5.32 Å². The van der Waals surface area contributed by atoms with Gasteiger partial charge in [-0.15, -0.1) is 0 Å². The van der Waals surface area contributed by atoms with Gasteiger partial charge in [0, 0.05) is 6.04 Å². The molecule has 2 nitrogen and oxygen atoms in total. The summed E-state index contributed by atoms with van der Waals surface area (Å²) >= 11 is 0. The van der Waals surface area contributed by atoms with Crippen molar-refractivity contribution in [1.82, 2.24) is 5.32 Å². The number of likely N-dealkylation sites (N-methyl/N-ethyl adjacent to an activating group) is 1. The molecule has 15 heavy (non-hydrogen) atoms. The zero-order valence-corrected chi connectivity index (χ0v) is 10.0. The molecule has 0 aromatic rings. The van der Waals surface area contributed by atoms with E-state index in [2.05, 4.69) is 12.4 Å². The van der Waals surface area contributed by atoms with E-state index in [9.17, 15) is 0 Å². The monoisotopic (exact) mass is 211 g/mol. The van der Waals surface area contributed by atoms with Crippen molar-refractivity contribution in [2.24, 2.45) is 5.92 Å². The second kappa shape index (κ2) is 5.86. The summed E-state index contributed by atoms with van der Waals surface area (Å²) in [6.45, 7) is 0.936. The van der Waals surface area contributed by atoms with E-state index in [1.54, 1.807) is 0 Å². The average Bonchev–Trinajstić information content (AvgIpc) is 3.05. The summed E-state index contributed by atoms with van der Waals surface area (Å²) in [4.78, 5) is 0. The first kappa shape index (κ1) is 11.4. The lowest BCUT2D eigenvalue weighted by atomic mass is 10.1. The second-order valence-electron chi connectivity index (χ2n) is 5.18. The molecule has 0 radical (unpaired) electrons. The highest BCUT2D eigenvalue weighted by Gasteiger charge is 2.30. The van der Waals surface area contributed by atoms with Gasteiger partial charge in [-0.3, -0.25) is 0 Å². The zero-order chi connectivity index (χ0) is 10.5. The van der Waals surface area contributed by atoms with E-state index in [1.807, 2.05) is 0 Å². The third-order valence-corrected chi connectivity index (χ3v) is 3.88. The van der Waals surface area contributed by atoms with E-state index in [0.29, 0.717) is 12.1 Å². The molecule has 2 heteroatoms. The molecule has 1 N–H and O–H groups in total. The van der Waals surface area contributed by atoms with Crippen LogP contribution >= 0.6 is 0 Å². The molecule has 2 aliphatic rings. The molecule has 0 amide bonds. The van der Waals surface area contributed by atoms with Gasteiger partial charge in [0.05, 0.1) is 12.7 Å². The summed E-state index contributed by atoms with van der Waals surface area (Å²) in [5.74, 6) is 0.903. The Balaban J connectivity index is 1.66. The summed E-state index contributed by atoms with van der Waals surface area (Å²) < 4.78 is 6.05. The van der Waals surface area contributed by atoms with Gasteiger partial charge in [0.1, 0.15) is 0 Å². The maximum absolute atomic E-state index is 6.05. The first-order chi connectivity index (χ1) is 7.40. The fourth-order valence-electron chi connectivity index (χ4n) is 2.60. The van der Waals surface area contributed by atoms with Crippen LogP contribution in [0.5, 0.6) is 0 Å². The van der Waals surface area contributed by atoms with Crippen LogP contribution in [-0.2, 0) is 4.74 Å². The summed E-state index contributed by atoms with van der Waals surface area (Å²) in [5.41, 5.74) is 0. The standard InChI is InChI=1S/C13H25NO/c1-14-13(11-8-9-11)10-15-12-6-4-2-3-5-7-12/h11-14H,2-10H2,1H3. The van der Waals surface area contributed by atoms with Gasteiger partial charge in [-0.2, -0.15) is 0 Å². The molecular formula is C13H25NO. The lowest BCUT2D eigenvalue weighted by molar-refractivity contribution is 0.0269. The van der Waals surface area contributed by atoms with Crippen LogP contribution in [0.4, 0.5) is 0 Å². The normalized spacial score (nSPS) is 26.2. The number of rotatable bonds is 5. The first-order valence-electron chi connectivity index (χ1n) is 6.69. The molecular weight excluding hydrogens is 186 g/mol. The highest BCUT2D eigenvalue weighted by atomic mass is 16.5. The number of hydrogen-bond donors (Lipinski definition) is 1. The minimum absolute atomic E-state index is 0.557. The maximum Gasteiger partial charge on any atom is 0.0625 e. The van der Waals surface area contributed by atoms with Crippen LogP contribution in [-0.4, -0.2) is 25.8 Å². The van der Waals surface area contributed by atoms with E-state index < -0.39 is 0 Å². The van der Waals surface area contributed by atoms with Crippen molar-refractivity contribution in [3.8, 4) is 0 Å². The van der Waals surface area contributed by atoms with Crippen LogP contribution in [0.25, 0.3) is 0 Å². The van der Waals surface area contributed by atoms with Gasteiger partial charge in [0.25, 0.3) is 0 Å². The SMILES string of the molecule is CNC(COC1CCCCCC1)C1CC1. The lowest BCUT2D eigenvalue weighted by Gasteiger charge is -2.20. The zero-order valence-electron chi connectivity index (χ0n) is 10.0. The molecule has 2 aliphatic carbocycles. The van der Waals surface area contributed by atoms with Crippen molar-refractivity contribution in [3.05, 3.63) is 0 Å². The van der Waals surface area contributed by atoms with Crippen molar-refractivity contribution in [2.45, 2.75) is 63.5 Å². The van der Waals surface area contributed by atoms with Crippen LogP contribution in [0.15, 0.2) is 0 Å². The maximum atomic E-state index is 6.05. The topological polar surface area (TPSA) is 21.3 Å². The smallest absolute Gasteiger partial charge is 0.0625 e. The van der Waals surface area contributed by atoms with Gasteiger partial charge in [0.15, 0.2) is 0 Å². The molecule has 0 aromatic heterocycles. The molecule has 1 unspecified atom stereocenters. The quantitative estimate of drug-likeness (QED) is 0.706. The lowest BCUT2D eigenvalue weighted by Crippen LogP contribution is -2.34. The van der Waals surface area contributed by atoms with E-state index in [0.717, 1.165) is 12.5 Å². The molecule has 1 atom stereocenters. The summed E-state index contributed by atoms with van der Waals surface area (Å²) in [6.07, 6.45) is 11.5. The Morgan fingerprint density at radius 1 is 1.07 bits per heavy atom. The minimum Gasteiger partial charge on any atom is -0.377 e. The molecule has 2 fully saturated rings. The van der Waals surface area contributed by atoms with Crippen molar-refractivity contribution in [2.75, 3.05) is 13.7 Å². The molecule has 0 saturated heterocycles. The van der Waals surface area contributed by atoms with E-state index in [1.165, 1.54) is 51.4 Å². The summed E-state index contributed by atoms with van der Waals surface area (Å²) in [6, 6.07) is 0.619. The highest BCUT2D eigenvalue weighted by Crippen LogP contribution is 2.33. The fraction of sp³-hybridized carbons (Fsp3) is 1.00. The van der Waals surface area contributed by atoms with Crippen LogP contribution in [0.2, 0.25) is 0 Å². The Bertz CT molecular complexity index is 171. The van der Waals surface area contributed by atoms with Gasteiger partial charge >= 0.3 is 0 Å². The van der Waals surface area contributed by atoms with Gasteiger partial charge in [-0.1, -0.05) is 25.7 Å². The van der Waals surface area contributed by atoms with E-state index >= 15 is 0 Å². The van der Waals surface area contributed by atoms with Crippen LogP contribution in [0.1, 0.15) is 51.4 Å².